The average molecular weight is 719 g/mol. The minimum Gasteiger partial charge on any atom is -0.465 e. The summed E-state index contributed by atoms with van der Waals surface area (Å²) in [5, 5.41) is 2.72. The molecule has 0 spiro atoms. The quantitative estimate of drug-likeness (QED) is 0.0906. The fourth-order valence-corrected chi connectivity index (χ4v) is 5.40. The van der Waals surface area contributed by atoms with Crippen molar-refractivity contribution in [1.29, 1.82) is 0 Å². The Morgan fingerprint density at radius 2 is 1.29 bits per heavy atom. The van der Waals surface area contributed by atoms with Crippen molar-refractivity contribution in [3.05, 3.63) is 125 Å². The summed E-state index contributed by atoms with van der Waals surface area (Å²) in [5.74, 6) is -4.00. The molecular weight excluding hydrogens is 681 g/mol. The fraction of sp³-hybridized carbons (Fsp3) is 0.256. The number of halogens is 3. The Morgan fingerprint density at radius 3 is 1.87 bits per heavy atom. The first-order chi connectivity index (χ1) is 24.7. The first-order valence-electron chi connectivity index (χ1n) is 16.2. The van der Waals surface area contributed by atoms with E-state index in [4.69, 9.17) is 14.2 Å². The standard InChI is InChI=1S/C39H37F3N2O8/c1-5-50-36(48)38(37(49)51-6-2,27-12-8-7-9-13-27)23-33(45)52-24-25-16-21-32(31(22-25)35(47)44(3)4)43-34(46)30-15-11-10-14-29(30)26-17-19-28(20-18-26)39(40,41)42/h7-22H,5-6,23-24H2,1-4H3,(H,43,46). The lowest BCUT2D eigenvalue weighted by Gasteiger charge is -2.28. The van der Waals surface area contributed by atoms with Crippen LogP contribution in [-0.2, 0) is 46.8 Å². The van der Waals surface area contributed by atoms with Gasteiger partial charge in [-0.1, -0.05) is 66.7 Å². The number of anilines is 1. The number of nitrogens with one attached hydrogen (secondary N) is 1. The highest BCUT2D eigenvalue weighted by molar-refractivity contribution is 6.12. The summed E-state index contributed by atoms with van der Waals surface area (Å²) in [6.07, 6.45) is -5.25. The molecule has 10 nitrogen and oxygen atoms in total. The molecule has 272 valence electrons. The van der Waals surface area contributed by atoms with Crippen molar-refractivity contribution in [2.75, 3.05) is 32.6 Å². The van der Waals surface area contributed by atoms with E-state index in [0.29, 0.717) is 16.7 Å². The number of nitrogens with zero attached hydrogens (tertiary/aromatic N) is 1. The number of alkyl halides is 3. The van der Waals surface area contributed by atoms with Gasteiger partial charge in [0.25, 0.3) is 11.8 Å². The minimum atomic E-state index is -4.52. The summed E-state index contributed by atoms with van der Waals surface area (Å²) in [4.78, 5) is 68.0. The predicted octanol–water partition coefficient (Wildman–Crippen LogP) is 6.82. The largest absolute Gasteiger partial charge is 0.465 e. The van der Waals surface area contributed by atoms with Crippen LogP contribution in [-0.4, -0.2) is 61.9 Å². The summed E-state index contributed by atoms with van der Waals surface area (Å²) < 4.78 is 55.3. The highest BCUT2D eigenvalue weighted by Gasteiger charge is 2.52. The van der Waals surface area contributed by atoms with E-state index in [9.17, 15) is 37.1 Å². The van der Waals surface area contributed by atoms with E-state index < -0.39 is 53.3 Å². The predicted molar refractivity (Wildman–Crippen MR) is 185 cm³/mol. The molecule has 0 fully saturated rings. The average Bonchev–Trinajstić information content (AvgIpc) is 3.13. The van der Waals surface area contributed by atoms with Gasteiger partial charge < -0.3 is 24.4 Å². The van der Waals surface area contributed by atoms with Crippen molar-refractivity contribution in [3.63, 3.8) is 0 Å². The summed E-state index contributed by atoms with van der Waals surface area (Å²) in [7, 11) is 3.02. The van der Waals surface area contributed by atoms with E-state index in [1.54, 1.807) is 50.2 Å². The Balaban J connectivity index is 1.59. The van der Waals surface area contributed by atoms with Crippen LogP contribution in [0.15, 0.2) is 97.1 Å². The molecule has 1 N–H and O–H groups in total. The maximum atomic E-state index is 13.6. The van der Waals surface area contributed by atoms with E-state index in [1.165, 1.54) is 67.5 Å². The second-order valence-corrected chi connectivity index (χ2v) is 11.7. The van der Waals surface area contributed by atoms with E-state index >= 15 is 0 Å². The molecule has 13 heteroatoms. The van der Waals surface area contributed by atoms with Crippen LogP contribution >= 0.6 is 0 Å². The van der Waals surface area contributed by atoms with E-state index in [2.05, 4.69) is 5.32 Å². The molecule has 0 aliphatic carbocycles. The number of rotatable bonds is 13. The number of hydrogen-bond donors (Lipinski definition) is 1. The molecule has 0 saturated heterocycles. The third kappa shape index (κ3) is 8.84. The molecule has 0 radical (unpaired) electrons. The molecule has 52 heavy (non-hydrogen) atoms. The van der Waals surface area contributed by atoms with Crippen molar-refractivity contribution < 1.29 is 51.4 Å². The third-order valence-corrected chi connectivity index (χ3v) is 7.99. The van der Waals surface area contributed by atoms with Crippen LogP contribution in [0.1, 0.15) is 57.7 Å². The van der Waals surface area contributed by atoms with Gasteiger partial charge in [-0.25, -0.2) is 0 Å². The highest BCUT2D eigenvalue weighted by atomic mass is 19.4. The van der Waals surface area contributed by atoms with Gasteiger partial charge in [-0.05, 0) is 66.4 Å². The Hall–Kier alpha value is -5.98. The van der Waals surface area contributed by atoms with Gasteiger partial charge in [0, 0.05) is 19.7 Å². The molecule has 0 aliphatic heterocycles. The minimum absolute atomic E-state index is 0.0515. The van der Waals surface area contributed by atoms with Gasteiger partial charge in [0.2, 0.25) is 0 Å². The first kappa shape index (κ1) is 38.8. The summed E-state index contributed by atoms with van der Waals surface area (Å²) >= 11 is 0. The monoisotopic (exact) mass is 718 g/mol. The van der Waals surface area contributed by atoms with Crippen LogP contribution in [0.5, 0.6) is 0 Å². The molecule has 0 bridgehead atoms. The van der Waals surface area contributed by atoms with Crippen LogP contribution in [0, 0.1) is 0 Å². The lowest BCUT2D eigenvalue weighted by molar-refractivity contribution is -0.170. The smallest absolute Gasteiger partial charge is 0.416 e. The molecule has 2 amide bonds. The zero-order valence-corrected chi connectivity index (χ0v) is 28.9. The SMILES string of the molecule is CCOC(=O)C(CC(=O)OCc1ccc(NC(=O)c2ccccc2-c2ccc(C(F)(F)F)cc2)c(C(=O)N(C)C)c1)(C(=O)OCC)c1ccccc1. The molecule has 0 saturated carbocycles. The Kier molecular flexibility index (Phi) is 12.6. The Labute approximate surface area is 298 Å². The van der Waals surface area contributed by atoms with Crippen molar-refractivity contribution in [2.24, 2.45) is 0 Å². The van der Waals surface area contributed by atoms with Crippen LogP contribution < -0.4 is 5.32 Å². The summed E-state index contributed by atoms with van der Waals surface area (Å²) in [5.41, 5.74) is -1.37. The number of carbonyl (C=O) groups is 5. The number of benzene rings is 4. The molecule has 4 aromatic carbocycles. The molecule has 0 atom stereocenters. The second-order valence-electron chi connectivity index (χ2n) is 11.7. The van der Waals surface area contributed by atoms with E-state index in [0.717, 1.165) is 12.1 Å². The number of ether oxygens (including phenoxy) is 3. The van der Waals surface area contributed by atoms with Gasteiger partial charge >= 0.3 is 24.1 Å². The van der Waals surface area contributed by atoms with Gasteiger partial charge in [0.15, 0.2) is 5.41 Å². The maximum Gasteiger partial charge on any atom is 0.416 e. The van der Waals surface area contributed by atoms with Crippen LogP contribution in [0.2, 0.25) is 0 Å². The first-order valence-corrected chi connectivity index (χ1v) is 16.2. The Bertz CT molecular complexity index is 1910. The maximum absolute atomic E-state index is 13.6. The second kappa shape index (κ2) is 16.8. The van der Waals surface area contributed by atoms with E-state index in [-0.39, 0.29) is 42.2 Å². The van der Waals surface area contributed by atoms with Crippen molar-refractivity contribution in [3.8, 4) is 11.1 Å². The van der Waals surface area contributed by atoms with Crippen LogP contribution in [0.3, 0.4) is 0 Å². The van der Waals surface area contributed by atoms with Gasteiger partial charge in [0.05, 0.1) is 36.4 Å². The normalized spacial score (nSPS) is 11.3. The zero-order valence-electron chi connectivity index (χ0n) is 28.9. The van der Waals surface area contributed by atoms with Crippen LogP contribution in [0.25, 0.3) is 11.1 Å². The summed E-state index contributed by atoms with van der Waals surface area (Å²) in [6, 6.07) is 23.0. The lowest BCUT2D eigenvalue weighted by atomic mass is 9.77. The van der Waals surface area contributed by atoms with Gasteiger partial charge in [-0.2, -0.15) is 13.2 Å². The molecule has 4 aromatic rings. The summed E-state index contributed by atoms with van der Waals surface area (Å²) in [6.45, 7) is 2.64. The van der Waals surface area contributed by atoms with Gasteiger partial charge in [-0.15, -0.1) is 0 Å². The van der Waals surface area contributed by atoms with Crippen LogP contribution in [0.4, 0.5) is 18.9 Å². The topological polar surface area (TPSA) is 128 Å². The molecule has 0 heterocycles. The highest BCUT2D eigenvalue weighted by Crippen LogP contribution is 2.34. The molecule has 0 aliphatic rings. The molecule has 4 rings (SSSR count). The molecular formula is C39H37F3N2O8. The third-order valence-electron chi connectivity index (χ3n) is 7.99. The molecule has 0 unspecified atom stereocenters. The lowest BCUT2D eigenvalue weighted by Crippen LogP contribution is -2.48. The number of esters is 3. The number of carbonyl (C=O) groups excluding carboxylic acids is 5. The molecule has 0 aromatic heterocycles. The van der Waals surface area contributed by atoms with Gasteiger partial charge in [-0.3, -0.25) is 24.0 Å². The van der Waals surface area contributed by atoms with E-state index in [1.807, 2.05) is 0 Å². The number of hydrogen-bond acceptors (Lipinski definition) is 8. The Morgan fingerprint density at radius 1 is 0.692 bits per heavy atom. The number of amides is 2. The van der Waals surface area contributed by atoms with Gasteiger partial charge in [0.1, 0.15) is 6.61 Å². The fourth-order valence-electron chi connectivity index (χ4n) is 5.40. The van der Waals surface area contributed by atoms with Crippen molar-refractivity contribution in [2.45, 2.75) is 38.5 Å². The van der Waals surface area contributed by atoms with Crippen molar-refractivity contribution >= 4 is 35.4 Å². The zero-order chi connectivity index (χ0) is 38.1. The van der Waals surface area contributed by atoms with Crippen molar-refractivity contribution in [1.82, 2.24) is 4.90 Å².